The second-order valence-corrected chi connectivity index (χ2v) is 4.79. The minimum Gasteiger partial charge on any atom is -0.323 e. The largest absolute Gasteiger partial charge is 0.323 e. The van der Waals surface area contributed by atoms with E-state index in [1.54, 1.807) is 0 Å². The fourth-order valence-electron chi connectivity index (χ4n) is 2.65. The normalized spacial score (nSPS) is 42.8. The van der Waals surface area contributed by atoms with E-state index < -0.39 is 0 Å². The van der Waals surface area contributed by atoms with Gasteiger partial charge < -0.3 is 4.90 Å². The van der Waals surface area contributed by atoms with Crippen LogP contribution in [0, 0.1) is 5.92 Å². The van der Waals surface area contributed by atoms with Crippen molar-refractivity contribution in [2.75, 3.05) is 0 Å². The van der Waals surface area contributed by atoms with Crippen LogP contribution in [0.4, 0.5) is 0 Å². The maximum absolute atomic E-state index is 11.9. The zero-order valence-electron chi connectivity index (χ0n) is 9.29. The summed E-state index contributed by atoms with van der Waals surface area (Å²) >= 11 is 0. The summed E-state index contributed by atoms with van der Waals surface area (Å²) in [5.74, 6) is 1.11. The lowest BCUT2D eigenvalue weighted by molar-refractivity contribution is -0.134. The molecule has 80 valence electrons. The molecule has 2 unspecified atom stereocenters. The van der Waals surface area contributed by atoms with E-state index in [1.807, 2.05) is 6.92 Å². The van der Waals surface area contributed by atoms with Gasteiger partial charge in [0, 0.05) is 6.04 Å². The summed E-state index contributed by atoms with van der Waals surface area (Å²) in [5, 5.41) is 3.34. The van der Waals surface area contributed by atoms with Crippen molar-refractivity contribution in [2.24, 2.45) is 5.92 Å². The topological polar surface area (TPSA) is 32.3 Å². The minimum absolute atomic E-state index is 0.0239. The molecule has 2 aliphatic rings. The molecule has 2 fully saturated rings. The third-order valence-electron chi connectivity index (χ3n) is 3.53. The van der Waals surface area contributed by atoms with Gasteiger partial charge in [-0.15, -0.1) is 0 Å². The van der Waals surface area contributed by atoms with Gasteiger partial charge in [0.1, 0.15) is 0 Å². The molecular formula is C11H20N2O. The number of nitrogens with one attached hydrogen (secondary N) is 1. The van der Waals surface area contributed by atoms with E-state index in [9.17, 15) is 4.79 Å². The molecule has 2 atom stereocenters. The van der Waals surface area contributed by atoms with Gasteiger partial charge in [0.05, 0.1) is 12.2 Å². The molecule has 1 saturated heterocycles. The molecule has 0 aromatic heterocycles. The molecular weight excluding hydrogens is 176 g/mol. The molecule has 1 heterocycles. The molecule has 1 aliphatic carbocycles. The number of carbonyl (C=O) groups excluding carboxylic acids is 1. The molecule has 2 rings (SSSR count). The van der Waals surface area contributed by atoms with Crippen LogP contribution in [0.15, 0.2) is 0 Å². The summed E-state index contributed by atoms with van der Waals surface area (Å²) in [4.78, 5) is 14.0. The Morgan fingerprint density at radius 3 is 2.57 bits per heavy atom. The van der Waals surface area contributed by atoms with Gasteiger partial charge in [0.15, 0.2) is 0 Å². The summed E-state index contributed by atoms with van der Waals surface area (Å²) in [7, 11) is 0. The van der Waals surface area contributed by atoms with Gasteiger partial charge >= 0.3 is 0 Å². The zero-order valence-corrected chi connectivity index (χ0v) is 9.29. The molecule has 3 nitrogen and oxygen atoms in total. The highest BCUT2D eigenvalue weighted by Gasteiger charge is 2.43. The summed E-state index contributed by atoms with van der Waals surface area (Å²) in [5.41, 5.74) is 0. The van der Waals surface area contributed by atoms with Crippen molar-refractivity contribution in [3.8, 4) is 0 Å². The first-order chi connectivity index (χ1) is 6.63. The van der Waals surface area contributed by atoms with Gasteiger partial charge in [0.25, 0.3) is 0 Å². The fraction of sp³-hybridized carbons (Fsp3) is 0.909. The Balaban J connectivity index is 2.04. The Kier molecular flexibility index (Phi) is 2.52. The van der Waals surface area contributed by atoms with Crippen molar-refractivity contribution < 1.29 is 4.79 Å². The van der Waals surface area contributed by atoms with Gasteiger partial charge in [-0.05, 0) is 32.1 Å². The van der Waals surface area contributed by atoms with Crippen LogP contribution in [0.2, 0.25) is 0 Å². The maximum Gasteiger partial charge on any atom is 0.240 e. The molecule has 1 saturated carbocycles. The van der Waals surface area contributed by atoms with Crippen LogP contribution in [0.25, 0.3) is 0 Å². The monoisotopic (exact) mass is 196 g/mol. The first-order valence-electron chi connectivity index (χ1n) is 5.71. The third-order valence-corrected chi connectivity index (χ3v) is 3.53. The first-order valence-corrected chi connectivity index (χ1v) is 5.71. The van der Waals surface area contributed by atoms with E-state index in [0.29, 0.717) is 11.9 Å². The number of amides is 1. The highest BCUT2D eigenvalue weighted by molar-refractivity contribution is 5.84. The van der Waals surface area contributed by atoms with Crippen molar-refractivity contribution >= 4 is 5.91 Å². The van der Waals surface area contributed by atoms with E-state index >= 15 is 0 Å². The number of carbonyl (C=O) groups is 1. The Morgan fingerprint density at radius 1 is 1.43 bits per heavy atom. The average molecular weight is 196 g/mol. The Bertz CT molecular complexity index is 235. The smallest absolute Gasteiger partial charge is 0.240 e. The van der Waals surface area contributed by atoms with Crippen LogP contribution in [0.1, 0.15) is 40.0 Å². The van der Waals surface area contributed by atoms with E-state index in [1.165, 1.54) is 12.8 Å². The van der Waals surface area contributed by atoms with Gasteiger partial charge in [0.2, 0.25) is 5.91 Å². The van der Waals surface area contributed by atoms with Crippen molar-refractivity contribution in [2.45, 2.75) is 58.3 Å². The van der Waals surface area contributed by atoms with Gasteiger partial charge in [-0.1, -0.05) is 13.8 Å². The Morgan fingerprint density at radius 2 is 2.07 bits per heavy atom. The van der Waals surface area contributed by atoms with Crippen molar-refractivity contribution in [3.63, 3.8) is 0 Å². The van der Waals surface area contributed by atoms with E-state index in [2.05, 4.69) is 24.1 Å². The average Bonchev–Trinajstić information content (AvgIpc) is 2.38. The molecule has 1 amide bonds. The molecule has 1 aliphatic heterocycles. The quantitative estimate of drug-likeness (QED) is 0.723. The van der Waals surface area contributed by atoms with Crippen LogP contribution >= 0.6 is 0 Å². The van der Waals surface area contributed by atoms with E-state index in [0.717, 1.165) is 12.3 Å². The summed E-state index contributed by atoms with van der Waals surface area (Å²) in [6.07, 6.45) is 3.68. The summed E-state index contributed by atoms with van der Waals surface area (Å²) < 4.78 is 0. The molecule has 14 heavy (non-hydrogen) atoms. The molecule has 0 radical (unpaired) electrons. The van der Waals surface area contributed by atoms with Gasteiger partial charge in [-0.25, -0.2) is 0 Å². The van der Waals surface area contributed by atoms with Crippen LogP contribution in [0.3, 0.4) is 0 Å². The number of hydrogen-bond acceptors (Lipinski definition) is 2. The Labute approximate surface area is 85.8 Å². The standard InChI is InChI=1S/C11H20N2O/c1-4-10-12-8(3)11(14)13(10)9-5-7(2)6-9/h7-10,12H,4-6H2,1-3H3. The lowest BCUT2D eigenvalue weighted by atomic mass is 9.80. The number of nitrogens with zero attached hydrogens (tertiary/aromatic N) is 1. The fourth-order valence-corrected chi connectivity index (χ4v) is 2.65. The van der Waals surface area contributed by atoms with Gasteiger partial charge in [-0.3, -0.25) is 10.1 Å². The highest BCUT2D eigenvalue weighted by Crippen LogP contribution is 2.34. The predicted octanol–water partition coefficient (Wildman–Crippen LogP) is 1.34. The minimum atomic E-state index is 0.0239. The van der Waals surface area contributed by atoms with Crippen molar-refractivity contribution in [1.82, 2.24) is 10.2 Å². The predicted molar refractivity (Wildman–Crippen MR) is 55.7 cm³/mol. The highest BCUT2D eigenvalue weighted by atomic mass is 16.2. The summed E-state index contributed by atoms with van der Waals surface area (Å²) in [6.45, 7) is 6.36. The lowest BCUT2D eigenvalue weighted by Crippen LogP contribution is -2.50. The molecule has 0 bridgehead atoms. The summed E-state index contributed by atoms with van der Waals surface area (Å²) in [6, 6.07) is 0.538. The first kappa shape index (κ1) is 9.97. The zero-order chi connectivity index (χ0) is 10.3. The van der Waals surface area contributed by atoms with E-state index in [-0.39, 0.29) is 12.2 Å². The second-order valence-electron chi connectivity index (χ2n) is 4.79. The Hall–Kier alpha value is -0.570. The van der Waals surface area contributed by atoms with Crippen LogP contribution < -0.4 is 5.32 Å². The second kappa shape index (κ2) is 3.54. The molecule has 0 spiro atoms. The SMILES string of the molecule is CCC1NC(C)C(=O)N1C1CC(C)C1. The van der Waals surface area contributed by atoms with E-state index in [4.69, 9.17) is 0 Å². The number of rotatable bonds is 2. The molecule has 1 N–H and O–H groups in total. The third kappa shape index (κ3) is 1.44. The lowest BCUT2D eigenvalue weighted by Gasteiger charge is -2.42. The maximum atomic E-state index is 11.9. The number of hydrogen-bond donors (Lipinski definition) is 1. The van der Waals surface area contributed by atoms with Crippen LogP contribution in [-0.2, 0) is 4.79 Å². The van der Waals surface area contributed by atoms with Crippen LogP contribution in [-0.4, -0.2) is 29.1 Å². The van der Waals surface area contributed by atoms with Crippen molar-refractivity contribution in [1.29, 1.82) is 0 Å². The van der Waals surface area contributed by atoms with Crippen LogP contribution in [0.5, 0.6) is 0 Å². The van der Waals surface area contributed by atoms with Crippen molar-refractivity contribution in [3.05, 3.63) is 0 Å². The van der Waals surface area contributed by atoms with Gasteiger partial charge in [-0.2, -0.15) is 0 Å². The molecule has 3 heteroatoms. The molecule has 0 aromatic rings. The molecule has 0 aromatic carbocycles.